The van der Waals surface area contributed by atoms with Crippen LogP contribution in [0.3, 0.4) is 0 Å². The largest absolute Gasteiger partial charge is 0.326 e. The molecule has 0 radical (unpaired) electrons. The molecule has 0 fully saturated rings. The van der Waals surface area contributed by atoms with Crippen LogP contribution in [0, 0.1) is 21.4 Å². The van der Waals surface area contributed by atoms with Crippen molar-refractivity contribution in [1.29, 1.82) is 5.26 Å². The summed E-state index contributed by atoms with van der Waals surface area (Å²) in [7, 11) is 0. The molecule has 0 aromatic carbocycles. The Kier molecular flexibility index (Phi) is 2.06. The Labute approximate surface area is 84.5 Å². The summed E-state index contributed by atoms with van der Waals surface area (Å²) in [6.07, 6.45) is 4.36. The Balaban J connectivity index is 2.74. The van der Waals surface area contributed by atoms with E-state index >= 15 is 0 Å². The molecule has 2 aromatic heterocycles. The van der Waals surface area contributed by atoms with Crippen molar-refractivity contribution in [2.24, 2.45) is 0 Å². The highest BCUT2D eigenvalue weighted by Crippen LogP contribution is 2.26. The van der Waals surface area contributed by atoms with Gasteiger partial charge in [0, 0.05) is 6.20 Å². The molecule has 0 N–H and O–H groups in total. The molecule has 6 heteroatoms. The van der Waals surface area contributed by atoms with Gasteiger partial charge in [-0.15, -0.1) is 0 Å². The van der Waals surface area contributed by atoms with Crippen LogP contribution in [-0.2, 0) is 6.54 Å². The number of nitrogens with zero attached hydrogens (tertiary/aromatic N) is 4. The quantitative estimate of drug-likeness (QED) is 0.545. The predicted octanol–water partition coefficient (Wildman–Crippen LogP) is 1.47. The van der Waals surface area contributed by atoms with Crippen LogP contribution in [0.2, 0.25) is 0 Å². The second-order valence-electron chi connectivity index (χ2n) is 2.95. The molecule has 0 spiro atoms. The van der Waals surface area contributed by atoms with Crippen molar-refractivity contribution >= 4 is 16.6 Å². The number of nitro groups is 1. The van der Waals surface area contributed by atoms with E-state index in [4.69, 9.17) is 5.26 Å². The molecule has 0 amide bonds. The van der Waals surface area contributed by atoms with Gasteiger partial charge in [-0.25, -0.2) is 0 Å². The fraction of sp³-hybridized carbons (Fsp3) is 0.111. The summed E-state index contributed by atoms with van der Waals surface area (Å²) in [6.45, 7) is 0.0794. The Morgan fingerprint density at radius 3 is 3.13 bits per heavy atom. The molecule has 0 aliphatic heterocycles. The highest BCUT2D eigenvalue weighted by Gasteiger charge is 2.16. The summed E-state index contributed by atoms with van der Waals surface area (Å²) in [5.74, 6) is 0. The first-order chi connectivity index (χ1) is 7.24. The molecule has 2 aromatic rings. The lowest BCUT2D eigenvalue weighted by Gasteiger charge is -1.94. The Bertz CT molecular complexity index is 567. The van der Waals surface area contributed by atoms with E-state index in [2.05, 4.69) is 4.98 Å². The third-order valence-electron chi connectivity index (χ3n) is 2.10. The van der Waals surface area contributed by atoms with Gasteiger partial charge in [0.2, 0.25) is 0 Å². The van der Waals surface area contributed by atoms with E-state index in [-0.39, 0.29) is 12.2 Å². The molecule has 0 aliphatic rings. The average Bonchev–Trinajstić information content (AvgIpc) is 2.59. The molecular weight excluding hydrogens is 196 g/mol. The molecule has 0 atom stereocenters. The minimum atomic E-state index is -0.462. The molecular formula is C9H6N4O2. The maximum atomic E-state index is 10.7. The van der Waals surface area contributed by atoms with Gasteiger partial charge in [0.1, 0.15) is 6.54 Å². The van der Waals surface area contributed by atoms with E-state index in [1.54, 1.807) is 6.07 Å². The fourth-order valence-corrected chi connectivity index (χ4v) is 1.47. The van der Waals surface area contributed by atoms with Crippen LogP contribution < -0.4 is 0 Å². The normalized spacial score (nSPS) is 10.1. The van der Waals surface area contributed by atoms with Gasteiger partial charge < -0.3 is 4.57 Å². The lowest BCUT2D eigenvalue weighted by molar-refractivity contribution is -0.383. The zero-order valence-corrected chi connectivity index (χ0v) is 7.62. The summed E-state index contributed by atoms with van der Waals surface area (Å²) < 4.78 is 1.51. The molecule has 15 heavy (non-hydrogen) atoms. The van der Waals surface area contributed by atoms with E-state index < -0.39 is 4.92 Å². The van der Waals surface area contributed by atoms with Crippen molar-refractivity contribution < 1.29 is 4.92 Å². The number of aromatic nitrogens is 2. The third-order valence-corrected chi connectivity index (χ3v) is 2.10. The van der Waals surface area contributed by atoms with E-state index in [0.29, 0.717) is 10.9 Å². The number of pyridine rings is 1. The van der Waals surface area contributed by atoms with Gasteiger partial charge >= 0.3 is 0 Å². The number of hydrogen-bond acceptors (Lipinski definition) is 4. The summed E-state index contributed by atoms with van der Waals surface area (Å²) in [5, 5.41) is 19.8. The smallest absolute Gasteiger partial charge is 0.294 e. The highest BCUT2D eigenvalue weighted by atomic mass is 16.6. The van der Waals surface area contributed by atoms with Gasteiger partial charge in [0.25, 0.3) is 5.69 Å². The standard InChI is InChI=1S/C9H6N4O2/c10-2-4-12-6-9(13(14)15)7-1-3-11-5-8(7)12/h1,3,5-6H,4H2. The lowest BCUT2D eigenvalue weighted by Crippen LogP contribution is -1.92. The molecule has 0 bridgehead atoms. The van der Waals surface area contributed by atoms with Crippen molar-refractivity contribution in [2.45, 2.75) is 6.54 Å². The van der Waals surface area contributed by atoms with Crippen LogP contribution in [0.25, 0.3) is 10.9 Å². The summed E-state index contributed by atoms with van der Waals surface area (Å²) in [5.41, 5.74) is 0.605. The van der Waals surface area contributed by atoms with Crippen LogP contribution in [0.4, 0.5) is 5.69 Å². The van der Waals surface area contributed by atoms with Gasteiger partial charge in [0.15, 0.2) is 0 Å². The predicted molar refractivity (Wildman–Crippen MR) is 52.0 cm³/mol. The van der Waals surface area contributed by atoms with Gasteiger partial charge in [-0.3, -0.25) is 15.1 Å². The first-order valence-corrected chi connectivity index (χ1v) is 4.18. The maximum absolute atomic E-state index is 10.7. The summed E-state index contributed by atoms with van der Waals surface area (Å²) in [4.78, 5) is 14.1. The fourth-order valence-electron chi connectivity index (χ4n) is 1.47. The van der Waals surface area contributed by atoms with Crippen LogP contribution in [0.15, 0.2) is 24.7 Å². The summed E-state index contributed by atoms with van der Waals surface area (Å²) in [6, 6.07) is 3.51. The third kappa shape index (κ3) is 1.40. The van der Waals surface area contributed by atoms with Crippen LogP contribution >= 0.6 is 0 Å². The second-order valence-corrected chi connectivity index (χ2v) is 2.95. The van der Waals surface area contributed by atoms with Crippen molar-refractivity contribution in [3.8, 4) is 6.07 Å². The Morgan fingerprint density at radius 2 is 2.47 bits per heavy atom. The number of rotatable bonds is 2. The Morgan fingerprint density at radius 1 is 1.67 bits per heavy atom. The minimum Gasteiger partial charge on any atom is -0.326 e. The van der Waals surface area contributed by atoms with E-state index in [1.807, 2.05) is 6.07 Å². The van der Waals surface area contributed by atoms with Crippen LogP contribution in [0.5, 0.6) is 0 Å². The maximum Gasteiger partial charge on any atom is 0.294 e. The second kappa shape index (κ2) is 3.38. The topological polar surface area (TPSA) is 84.8 Å². The average molecular weight is 202 g/mol. The molecule has 0 aliphatic carbocycles. The number of fused-ring (bicyclic) bond motifs is 1. The molecule has 74 valence electrons. The molecule has 2 heterocycles. The molecule has 0 unspecified atom stereocenters. The zero-order valence-electron chi connectivity index (χ0n) is 7.62. The van der Waals surface area contributed by atoms with Crippen molar-refractivity contribution in [2.75, 3.05) is 0 Å². The van der Waals surface area contributed by atoms with E-state index in [1.165, 1.54) is 23.2 Å². The summed E-state index contributed by atoms with van der Waals surface area (Å²) >= 11 is 0. The molecule has 6 nitrogen and oxygen atoms in total. The van der Waals surface area contributed by atoms with Crippen molar-refractivity contribution in [3.05, 3.63) is 34.8 Å². The first-order valence-electron chi connectivity index (χ1n) is 4.18. The molecule has 2 rings (SSSR count). The zero-order chi connectivity index (χ0) is 10.8. The van der Waals surface area contributed by atoms with Gasteiger partial charge in [-0.2, -0.15) is 5.26 Å². The minimum absolute atomic E-state index is 0.00245. The van der Waals surface area contributed by atoms with Crippen LogP contribution in [-0.4, -0.2) is 14.5 Å². The van der Waals surface area contributed by atoms with E-state index in [0.717, 1.165) is 0 Å². The van der Waals surface area contributed by atoms with E-state index in [9.17, 15) is 10.1 Å². The monoisotopic (exact) mass is 202 g/mol. The number of hydrogen-bond donors (Lipinski definition) is 0. The highest BCUT2D eigenvalue weighted by molar-refractivity contribution is 5.88. The van der Waals surface area contributed by atoms with Crippen molar-refractivity contribution in [3.63, 3.8) is 0 Å². The first kappa shape index (κ1) is 9.15. The van der Waals surface area contributed by atoms with Crippen LogP contribution in [0.1, 0.15) is 0 Å². The van der Waals surface area contributed by atoms with Crippen molar-refractivity contribution in [1.82, 2.24) is 9.55 Å². The Hall–Kier alpha value is -2.42. The number of nitriles is 1. The SMILES string of the molecule is N#CCn1cc([N+](=O)[O-])c2ccncc21. The lowest BCUT2D eigenvalue weighted by atomic mass is 10.3. The molecule has 0 saturated carbocycles. The van der Waals surface area contributed by atoms with Gasteiger partial charge in [-0.05, 0) is 6.07 Å². The molecule has 0 saturated heterocycles. The van der Waals surface area contributed by atoms with Gasteiger partial charge in [-0.1, -0.05) is 0 Å². The van der Waals surface area contributed by atoms with Gasteiger partial charge in [0.05, 0.1) is 34.3 Å².